The lowest BCUT2D eigenvalue weighted by Crippen LogP contribution is -2.28. The van der Waals surface area contributed by atoms with Gasteiger partial charge in [-0.15, -0.1) is 0 Å². The van der Waals surface area contributed by atoms with E-state index < -0.39 is 11.7 Å². The number of halogens is 4. The minimum atomic E-state index is -4.49. The lowest BCUT2D eigenvalue weighted by molar-refractivity contribution is -0.364. The molecule has 27 heavy (non-hydrogen) atoms. The zero-order chi connectivity index (χ0) is 19.6. The topological polar surface area (TPSA) is 72.7 Å². The molecule has 140 valence electrons. The Hall–Kier alpha value is -2.74. The van der Waals surface area contributed by atoms with Gasteiger partial charge in [-0.2, -0.15) is 13.2 Å². The van der Waals surface area contributed by atoms with Gasteiger partial charge in [-0.05, 0) is 6.07 Å². The number of alkyl halides is 3. The molecule has 1 aromatic heterocycles. The number of ketones is 2. The second-order valence-electron chi connectivity index (χ2n) is 5.84. The first-order valence-corrected chi connectivity index (χ1v) is 8.37. The van der Waals surface area contributed by atoms with Crippen molar-refractivity contribution in [3.05, 3.63) is 58.2 Å². The van der Waals surface area contributed by atoms with E-state index in [0.29, 0.717) is 11.1 Å². The molecule has 3 rings (SSSR count). The minimum Gasteiger partial charge on any atom is -0.294 e. The molecule has 0 spiro atoms. The van der Waals surface area contributed by atoms with Crippen LogP contribution in [-0.4, -0.2) is 30.4 Å². The van der Waals surface area contributed by atoms with Crippen LogP contribution in [0.4, 0.5) is 19.0 Å². The third-order valence-corrected chi connectivity index (χ3v) is 4.30. The molecule has 1 aromatic carbocycles. The number of aromatic nitrogens is 1. The van der Waals surface area contributed by atoms with Crippen LogP contribution in [0.3, 0.4) is 0 Å². The molecule has 0 radical (unpaired) electrons. The molecule has 2 aromatic rings. The zero-order valence-corrected chi connectivity index (χ0v) is 14.6. The van der Waals surface area contributed by atoms with E-state index in [1.54, 1.807) is 24.3 Å². The molecule has 5 nitrogen and oxygen atoms in total. The van der Waals surface area contributed by atoms with Crippen molar-refractivity contribution >= 4 is 34.7 Å². The molecule has 0 fully saturated rings. The Balaban J connectivity index is 1.64. The predicted molar refractivity (Wildman–Crippen MR) is 93.5 cm³/mol. The number of hydrogen-bond donors (Lipinski definition) is 1. The standard InChI is InChI=1S/C18H13ClF3N3O2/c19-13-7-10(18(20,21)22)9-25-17(13)24-6-5-23-14-8-15(26)11-3-1-2-4-12(11)16(14)27/h1-4,7,9H,5-6,8H2,(H,24,25)/p+1. The van der Waals surface area contributed by atoms with Crippen molar-refractivity contribution in [2.24, 2.45) is 4.99 Å². The van der Waals surface area contributed by atoms with Gasteiger partial charge in [-0.1, -0.05) is 35.9 Å². The Bertz CT molecular complexity index is 942. The number of aromatic amines is 1. The number of nitrogens with zero attached hydrogens (tertiary/aromatic N) is 1. The lowest BCUT2D eigenvalue weighted by atomic mass is 9.88. The van der Waals surface area contributed by atoms with Crippen molar-refractivity contribution in [1.29, 1.82) is 0 Å². The molecule has 0 bridgehead atoms. The molecular formula is C18H14ClF3N3O2+. The number of fused-ring (bicyclic) bond motifs is 1. The van der Waals surface area contributed by atoms with Crippen LogP contribution in [0.2, 0.25) is 5.02 Å². The number of anilines is 1. The van der Waals surface area contributed by atoms with Gasteiger partial charge >= 0.3 is 6.18 Å². The van der Waals surface area contributed by atoms with E-state index in [0.717, 1.165) is 12.3 Å². The highest BCUT2D eigenvalue weighted by Crippen LogP contribution is 2.31. The van der Waals surface area contributed by atoms with E-state index in [4.69, 9.17) is 11.6 Å². The summed E-state index contributed by atoms with van der Waals surface area (Å²) in [5.74, 6) is -0.249. The fourth-order valence-corrected chi connectivity index (χ4v) is 2.91. The van der Waals surface area contributed by atoms with E-state index in [-0.39, 0.29) is 47.6 Å². The molecule has 0 saturated carbocycles. The first kappa shape index (κ1) is 19.0. The Morgan fingerprint density at radius 3 is 2.56 bits per heavy atom. The average molecular weight is 397 g/mol. The summed E-state index contributed by atoms with van der Waals surface area (Å²) < 4.78 is 37.8. The molecule has 0 atom stereocenters. The number of benzene rings is 1. The van der Waals surface area contributed by atoms with E-state index in [2.05, 4.69) is 15.3 Å². The first-order valence-electron chi connectivity index (χ1n) is 8.00. The van der Waals surface area contributed by atoms with Crippen LogP contribution in [0.15, 0.2) is 41.5 Å². The number of carbonyl (C=O) groups is 2. The number of hydrogen-bond acceptors (Lipinski definition) is 4. The Morgan fingerprint density at radius 1 is 1.19 bits per heavy atom. The highest BCUT2D eigenvalue weighted by atomic mass is 35.5. The van der Waals surface area contributed by atoms with Crippen LogP contribution in [0.5, 0.6) is 0 Å². The summed E-state index contributed by atoms with van der Waals surface area (Å²) in [4.78, 5) is 31.1. The van der Waals surface area contributed by atoms with Gasteiger partial charge in [0.15, 0.2) is 5.78 Å². The zero-order valence-electron chi connectivity index (χ0n) is 13.9. The summed E-state index contributed by atoms with van der Waals surface area (Å²) in [6.07, 6.45) is -3.75. The molecule has 0 aliphatic heterocycles. The largest absolute Gasteiger partial charge is 0.419 e. The Morgan fingerprint density at radius 2 is 1.89 bits per heavy atom. The van der Waals surface area contributed by atoms with Gasteiger partial charge in [-0.25, -0.2) is 4.98 Å². The number of H-pyrrole nitrogens is 1. The quantitative estimate of drug-likeness (QED) is 0.804. The third kappa shape index (κ3) is 4.16. The van der Waals surface area contributed by atoms with Crippen LogP contribution in [0.25, 0.3) is 0 Å². The molecule has 2 N–H and O–H groups in total. The highest BCUT2D eigenvalue weighted by Gasteiger charge is 2.33. The maximum Gasteiger partial charge on any atom is 0.419 e. The fourth-order valence-electron chi connectivity index (χ4n) is 2.68. The monoisotopic (exact) mass is 396 g/mol. The normalized spacial score (nSPS) is 15.8. The van der Waals surface area contributed by atoms with Crippen LogP contribution >= 0.6 is 11.6 Å². The van der Waals surface area contributed by atoms with Gasteiger partial charge in [0.1, 0.15) is 17.8 Å². The smallest absolute Gasteiger partial charge is 0.294 e. The van der Waals surface area contributed by atoms with Crippen molar-refractivity contribution in [2.45, 2.75) is 12.6 Å². The van der Waals surface area contributed by atoms with Crippen LogP contribution < -0.4 is 10.3 Å². The molecular weight excluding hydrogens is 383 g/mol. The van der Waals surface area contributed by atoms with E-state index in [1.807, 2.05) is 0 Å². The number of nitrogens with one attached hydrogen (secondary N) is 2. The maximum absolute atomic E-state index is 12.6. The SMILES string of the molecule is O=C1CC(=NCCNc2[nH+]cc(C(F)(F)F)cc2Cl)C(=O)c2ccccc21. The molecule has 9 heteroatoms. The van der Waals surface area contributed by atoms with Gasteiger partial charge < -0.3 is 0 Å². The van der Waals surface area contributed by atoms with E-state index in [9.17, 15) is 22.8 Å². The second kappa shape index (κ2) is 7.48. The van der Waals surface area contributed by atoms with Crippen LogP contribution in [-0.2, 0) is 6.18 Å². The molecule has 0 saturated heterocycles. The summed E-state index contributed by atoms with van der Waals surface area (Å²) in [5.41, 5.74) is 0.0107. The summed E-state index contributed by atoms with van der Waals surface area (Å²) in [7, 11) is 0. The first-order chi connectivity index (χ1) is 12.8. The number of Topliss-reactive ketones (excluding diaryl/α,β-unsaturated/α-hetero) is 2. The number of carbonyl (C=O) groups excluding carboxylic acids is 2. The van der Waals surface area contributed by atoms with Crippen molar-refractivity contribution < 1.29 is 27.7 Å². The second-order valence-corrected chi connectivity index (χ2v) is 6.25. The summed E-state index contributed by atoms with van der Waals surface area (Å²) in [5, 5.41) is 2.70. The summed E-state index contributed by atoms with van der Waals surface area (Å²) >= 11 is 5.83. The maximum atomic E-state index is 12.6. The number of rotatable bonds is 4. The molecule has 1 aliphatic rings. The molecule has 1 heterocycles. The molecule has 1 aliphatic carbocycles. The fraction of sp³-hybridized carbons (Fsp3) is 0.222. The minimum absolute atomic E-state index is 0.0665. The molecule has 0 unspecified atom stereocenters. The third-order valence-electron chi connectivity index (χ3n) is 4.00. The average Bonchev–Trinajstić information content (AvgIpc) is 2.63. The van der Waals surface area contributed by atoms with Gasteiger partial charge in [-0.3, -0.25) is 19.9 Å². The molecule has 0 amide bonds. The van der Waals surface area contributed by atoms with Crippen molar-refractivity contribution in [3.8, 4) is 0 Å². The van der Waals surface area contributed by atoms with Crippen LogP contribution in [0, 0.1) is 0 Å². The van der Waals surface area contributed by atoms with Gasteiger partial charge in [0.25, 0.3) is 5.82 Å². The Kier molecular flexibility index (Phi) is 5.27. The Labute approximate surface area is 157 Å². The number of aliphatic imine (C=N–C) groups is 1. The lowest BCUT2D eigenvalue weighted by Gasteiger charge is -2.15. The predicted octanol–water partition coefficient (Wildman–Crippen LogP) is 3.50. The van der Waals surface area contributed by atoms with Gasteiger partial charge in [0.2, 0.25) is 5.78 Å². The van der Waals surface area contributed by atoms with Crippen molar-refractivity contribution in [3.63, 3.8) is 0 Å². The number of pyridine rings is 1. The van der Waals surface area contributed by atoms with Crippen molar-refractivity contribution in [1.82, 2.24) is 0 Å². The van der Waals surface area contributed by atoms with Gasteiger partial charge in [0.05, 0.1) is 24.2 Å². The van der Waals surface area contributed by atoms with Gasteiger partial charge in [0, 0.05) is 11.1 Å². The van der Waals surface area contributed by atoms with E-state index in [1.165, 1.54) is 0 Å². The van der Waals surface area contributed by atoms with Crippen LogP contribution in [0.1, 0.15) is 32.7 Å². The highest BCUT2D eigenvalue weighted by molar-refractivity contribution is 6.52. The van der Waals surface area contributed by atoms with E-state index >= 15 is 0 Å². The van der Waals surface area contributed by atoms with Crippen molar-refractivity contribution in [2.75, 3.05) is 18.4 Å². The summed E-state index contributed by atoms with van der Waals surface area (Å²) in [6, 6.07) is 7.37. The summed E-state index contributed by atoms with van der Waals surface area (Å²) in [6.45, 7) is 0.371.